The van der Waals surface area contributed by atoms with Crippen molar-refractivity contribution >= 4 is 0 Å². The molecule has 0 aliphatic rings. The third kappa shape index (κ3) is 2.48. The summed E-state index contributed by atoms with van der Waals surface area (Å²) in [5.74, 6) is -1.09. The summed E-state index contributed by atoms with van der Waals surface area (Å²) >= 11 is 0. The number of nitriles is 1. The molecule has 0 aliphatic carbocycles. The van der Waals surface area contributed by atoms with Crippen molar-refractivity contribution in [1.29, 1.82) is 5.26 Å². The van der Waals surface area contributed by atoms with Gasteiger partial charge in [-0.3, -0.25) is 0 Å². The second-order valence-electron chi connectivity index (χ2n) is 3.55. The van der Waals surface area contributed by atoms with Crippen molar-refractivity contribution in [2.45, 2.75) is 13.0 Å². The summed E-state index contributed by atoms with van der Waals surface area (Å²) in [7, 11) is 0. The van der Waals surface area contributed by atoms with E-state index >= 15 is 0 Å². The standard InChI is InChI=1S/C12H9F2N3/c13-10-2-1-9(7-11(10)14)8-12-16-4-6-17(12)5-3-15/h1-2,4,6-7H,5,8H2. The molecule has 86 valence electrons. The van der Waals surface area contributed by atoms with Crippen LogP contribution in [0.3, 0.4) is 0 Å². The van der Waals surface area contributed by atoms with Crippen molar-refractivity contribution < 1.29 is 8.78 Å². The van der Waals surface area contributed by atoms with Gasteiger partial charge in [0.15, 0.2) is 11.6 Å². The van der Waals surface area contributed by atoms with Gasteiger partial charge < -0.3 is 4.57 Å². The minimum Gasteiger partial charge on any atom is -0.321 e. The molecule has 0 bridgehead atoms. The number of imidazole rings is 1. The van der Waals surface area contributed by atoms with Gasteiger partial charge in [0.25, 0.3) is 0 Å². The Morgan fingerprint density at radius 2 is 2.12 bits per heavy atom. The molecule has 0 radical (unpaired) electrons. The highest BCUT2D eigenvalue weighted by Crippen LogP contribution is 2.12. The molecule has 0 unspecified atom stereocenters. The van der Waals surface area contributed by atoms with Crippen molar-refractivity contribution in [3.63, 3.8) is 0 Å². The second-order valence-corrected chi connectivity index (χ2v) is 3.55. The summed E-state index contributed by atoms with van der Waals surface area (Å²) < 4.78 is 27.4. The van der Waals surface area contributed by atoms with Crippen molar-refractivity contribution in [1.82, 2.24) is 9.55 Å². The summed E-state index contributed by atoms with van der Waals surface area (Å²) in [6.45, 7) is 0.193. The molecule has 2 aromatic rings. The Balaban J connectivity index is 2.23. The smallest absolute Gasteiger partial charge is 0.159 e. The van der Waals surface area contributed by atoms with Gasteiger partial charge in [-0.1, -0.05) is 6.07 Å². The van der Waals surface area contributed by atoms with Gasteiger partial charge in [0.1, 0.15) is 12.4 Å². The van der Waals surface area contributed by atoms with Gasteiger partial charge in [0.05, 0.1) is 6.07 Å². The highest BCUT2D eigenvalue weighted by molar-refractivity contribution is 5.21. The molecule has 1 heterocycles. The molecular weight excluding hydrogens is 224 g/mol. The third-order valence-corrected chi connectivity index (χ3v) is 2.39. The van der Waals surface area contributed by atoms with Gasteiger partial charge in [-0.25, -0.2) is 13.8 Å². The molecular formula is C12H9F2N3. The van der Waals surface area contributed by atoms with Crippen LogP contribution in [0.15, 0.2) is 30.6 Å². The molecule has 0 fully saturated rings. The normalized spacial score (nSPS) is 10.2. The Morgan fingerprint density at radius 3 is 2.82 bits per heavy atom. The monoisotopic (exact) mass is 233 g/mol. The topological polar surface area (TPSA) is 41.6 Å². The van der Waals surface area contributed by atoms with Crippen LogP contribution in [0, 0.1) is 23.0 Å². The molecule has 0 spiro atoms. The fraction of sp³-hybridized carbons (Fsp3) is 0.167. The zero-order valence-electron chi connectivity index (χ0n) is 8.90. The Hall–Kier alpha value is -2.22. The number of aromatic nitrogens is 2. The largest absolute Gasteiger partial charge is 0.321 e. The number of nitrogens with zero attached hydrogens (tertiary/aromatic N) is 3. The first-order valence-corrected chi connectivity index (χ1v) is 5.01. The van der Waals surface area contributed by atoms with Crippen LogP contribution < -0.4 is 0 Å². The Labute approximate surface area is 96.9 Å². The molecule has 2 rings (SSSR count). The summed E-state index contributed by atoms with van der Waals surface area (Å²) in [4.78, 5) is 4.08. The maximum absolute atomic E-state index is 13.0. The molecule has 0 saturated carbocycles. The predicted molar refractivity (Wildman–Crippen MR) is 57.0 cm³/mol. The lowest BCUT2D eigenvalue weighted by Gasteiger charge is -2.04. The number of hydrogen-bond donors (Lipinski definition) is 0. The van der Waals surface area contributed by atoms with Crippen LogP contribution >= 0.6 is 0 Å². The summed E-state index contributed by atoms with van der Waals surface area (Å²) in [5, 5.41) is 8.60. The number of hydrogen-bond acceptors (Lipinski definition) is 2. The first kappa shape index (κ1) is 11.3. The second kappa shape index (κ2) is 4.74. The summed E-state index contributed by atoms with van der Waals surface area (Å²) in [6.07, 6.45) is 3.62. The molecule has 0 atom stereocenters. The fourth-order valence-electron chi connectivity index (χ4n) is 1.56. The van der Waals surface area contributed by atoms with E-state index in [9.17, 15) is 8.78 Å². The summed E-state index contributed by atoms with van der Waals surface area (Å²) in [6, 6.07) is 5.73. The van der Waals surface area contributed by atoms with Crippen molar-refractivity contribution in [3.8, 4) is 6.07 Å². The minimum atomic E-state index is -0.874. The van der Waals surface area contributed by atoms with Gasteiger partial charge in [0.2, 0.25) is 0 Å². The van der Waals surface area contributed by atoms with E-state index in [-0.39, 0.29) is 6.54 Å². The molecule has 0 N–H and O–H groups in total. The molecule has 1 aromatic carbocycles. The summed E-state index contributed by atoms with van der Waals surface area (Å²) in [5.41, 5.74) is 0.620. The molecule has 3 nitrogen and oxygen atoms in total. The maximum atomic E-state index is 13.0. The van der Waals surface area contributed by atoms with Gasteiger partial charge in [-0.2, -0.15) is 5.26 Å². The van der Waals surface area contributed by atoms with Crippen LogP contribution in [0.1, 0.15) is 11.4 Å². The van der Waals surface area contributed by atoms with Crippen molar-refractivity contribution in [3.05, 3.63) is 53.6 Å². The SMILES string of the molecule is N#CCn1ccnc1Cc1ccc(F)c(F)c1. The fourth-order valence-corrected chi connectivity index (χ4v) is 1.56. The van der Waals surface area contributed by atoms with Crippen LogP contribution in [0.25, 0.3) is 0 Å². The van der Waals surface area contributed by atoms with E-state index in [2.05, 4.69) is 4.98 Å². The zero-order chi connectivity index (χ0) is 12.3. The predicted octanol–water partition coefficient (Wildman–Crippen LogP) is 2.28. The van der Waals surface area contributed by atoms with Crippen molar-refractivity contribution in [2.24, 2.45) is 0 Å². The minimum absolute atomic E-state index is 0.193. The van der Waals surface area contributed by atoms with E-state index in [1.165, 1.54) is 6.07 Å². The zero-order valence-corrected chi connectivity index (χ0v) is 8.90. The lowest BCUT2D eigenvalue weighted by molar-refractivity contribution is 0.507. The third-order valence-electron chi connectivity index (χ3n) is 2.39. The van der Waals surface area contributed by atoms with Gasteiger partial charge >= 0.3 is 0 Å². The van der Waals surface area contributed by atoms with E-state index in [0.29, 0.717) is 17.8 Å². The molecule has 0 aliphatic heterocycles. The Kier molecular flexibility index (Phi) is 3.15. The lowest BCUT2D eigenvalue weighted by atomic mass is 10.1. The Morgan fingerprint density at radius 1 is 1.29 bits per heavy atom. The molecule has 17 heavy (non-hydrogen) atoms. The number of halogens is 2. The van der Waals surface area contributed by atoms with Gasteiger partial charge in [0, 0.05) is 18.8 Å². The quantitative estimate of drug-likeness (QED) is 0.816. The van der Waals surface area contributed by atoms with E-state index in [4.69, 9.17) is 5.26 Å². The first-order chi connectivity index (χ1) is 8.20. The van der Waals surface area contributed by atoms with Crippen LogP contribution in [0.5, 0.6) is 0 Å². The van der Waals surface area contributed by atoms with E-state index in [1.807, 2.05) is 6.07 Å². The average Bonchev–Trinajstić information content (AvgIpc) is 2.72. The molecule has 1 aromatic heterocycles. The van der Waals surface area contributed by atoms with Gasteiger partial charge in [-0.15, -0.1) is 0 Å². The highest BCUT2D eigenvalue weighted by Gasteiger charge is 2.07. The van der Waals surface area contributed by atoms with Crippen LogP contribution in [0.2, 0.25) is 0 Å². The number of rotatable bonds is 3. The van der Waals surface area contributed by atoms with E-state index in [0.717, 1.165) is 12.1 Å². The lowest BCUT2D eigenvalue weighted by Crippen LogP contribution is -2.03. The molecule has 0 amide bonds. The van der Waals surface area contributed by atoms with E-state index in [1.54, 1.807) is 17.0 Å². The van der Waals surface area contributed by atoms with Crippen LogP contribution in [-0.4, -0.2) is 9.55 Å². The molecule has 0 saturated heterocycles. The first-order valence-electron chi connectivity index (χ1n) is 5.01. The average molecular weight is 233 g/mol. The van der Waals surface area contributed by atoms with Crippen LogP contribution in [-0.2, 0) is 13.0 Å². The number of benzene rings is 1. The van der Waals surface area contributed by atoms with Gasteiger partial charge in [-0.05, 0) is 17.7 Å². The van der Waals surface area contributed by atoms with Crippen LogP contribution in [0.4, 0.5) is 8.78 Å². The van der Waals surface area contributed by atoms with E-state index < -0.39 is 11.6 Å². The van der Waals surface area contributed by atoms with Crippen molar-refractivity contribution in [2.75, 3.05) is 0 Å². The molecule has 5 heteroatoms. The highest BCUT2D eigenvalue weighted by atomic mass is 19.2. The maximum Gasteiger partial charge on any atom is 0.159 e. The Bertz CT molecular complexity index is 569.